The molecule has 0 saturated carbocycles. The first-order valence-corrected chi connectivity index (χ1v) is 2.38. The summed E-state index contributed by atoms with van der Waals surface area (Å²) in [6, 6.07) is 0. The van der Waals surface area contributed by atoms with E-state index in [1.54, 1.807) is 0 Å². The van der Waals surface area contributed by atoms with Crippen molar-refractivity contribution in [2.24, 2.45) is 0 Å². The summed E-state index contributed by atoms with van der Waals surface area (Å²) in [5.41, 5.74) is 0. The molecule has 1 aromatic heterocycles. The van der Waals surface area contributed by atoms with Gasteiger partial charge in [0.2, 0.25) is 5.82 Å². The molecule has 1 aromatic rings. The molecule has 54 valence electrons. The normalized spacial score (nSPS) is 10.3. The van der Waals surface area contributed by atoms with Gasteiger partial charge in [0.25, 0.3) is 0 Å². The second-order valence-electron chi connectivity index (χ2n) is 1.49. The highest BCUT2D eigenvalue weighted by molar-refractivity contribution is 5.68. The molecule has 0 atom stereocenters. The molecule has 1 rings (SSSR count). The van der Waals surface area contributed by atoms with Gasteiger partial charge in [-0.15, -0.1) is 10.2 Å². The minimum absolute atomic E-state index is 0.221. The van der Waals surface area contributed by atoms with Crippen molar-refractivity contribution in [1.29, 1.82) is 0 Å². The number of aldehydes is 1. The van der Waals surface area contributed by atoms with Crippen LogP contribution in [0, 0.1) is 0 Å². The third-order valence-corrected chi connectivity index (χ3v) is 0.916. The average molecular weight is 147 g/mol. The Labute approximate surface area is 54.5 Å². The largest absolute Gasteiger partial charge is 0.321 e. The van der Waals surface area contributed by atoms with E-state index in [-0.39, 0.29) is 12.1 Å². The van der Waals surface area contributed by atoms with Crippen molar-refractivity contribution < 1.29 is 13.6 Å². The monoisotopic (exact) mass is 147 g/mol. The lowest BCUT2D eigenvalue weighted by Crippen LogP contribution is -2.01. The first kappa shape index (κ1) is 6.79. The van der Waals surface area contributed by atoms with Crippen molar-refractivity contribution in [3.05, 3.63) is 12.2 Å². The zero-order valence-corrected chi connectivity index (χ0v) is 4.74. The first-order chi connectivity index (χ1) is 4.75. The van der Waals surface area contributed by atoms with Gasteiger partial charge in [-0.1, -0.05) is 0 Å². The van der Waals surface area contributed by atoms with Crippen molar-refractivity contribution >= 4 is 6.29 Å². The number of hydrogen-bond acceptors (Lipinski definition) is 3. The molecule has 0 N–H and O–H groups in total. The van der Waals surface area contributed by atoms with E-state index in [9.17, 15) is 13.6 Å². The highest BCUT2D eigenvalue weighted by atomic mass is 19.3. The van der Waals surface area contributed by atoms with E-state index in [2.05, 4.69) is 10.2 Å². The SMILES string of the molecule is O=Cc1nncn1C(F)F. The number of nitrogens with zero attached hydrogens (tertiary/aromatic N) is 3. The Morgan fingerprint density at radius 1 is 1.70 bits per heavy atom. The molecule has 1 heterocycles. The van der Waals surface area contributed by atoms with E-state index in [4.69, 9.17) is 0 Å². The molecule has 0 aliphatic heterocycles. The topological polar surface area (TPSA) is 47.8 Å². The van der Waals surface area contributed by atoms with E-state index in [0.717, 1.165) is 6.33 Å². The van der Waals surface area contributed by atoms with Crippen LogP contribution in [-0.4, -0.2) is 21.1 Å². The van der Waals surface area contributed by atoms with Gasteiger partial charge >= 0.3 is 6.55 Å². The standard InChI is InChI=1S/C4H3F2N3O/c5-4(6)9-2-7-8-3(9)1-10/h1-2,4H. The van der Waals surface area contributed by atoms with Crippen LogP contribution < -0.4 is 0 Å². The Morgan fingerprint density at radius 3 is 2.80 bits per heavy atom. The molecule has 0 amide bonds. The van der Waals surface area contributed by atoms with Crippen LogP contribution in [0.25, 0.3) is 0 Å². The van der Waals surface area contributed by atoms with Crippen molar-refractivity contribution in [2.45, 2.75) is 6.55 Å². The summed E-state index contributed by atoms with van der Waals surface area (Å²) in [6.45, 7) is -2.75. The lowest BCUT2D eigenvalue weighted by Gasteiger charge is -1.96. The smallest absolute Gasteiger partial charge is 0.294 e. The summed E-state index contributed by atoms with van der Waals surface area (Å²) < 4.78 is 23.9. The Bertz CT molecular complexity index is 234. The Kier molecular flexibility index (Phi) is 1.70. The van der Waals surface area contributed by atoms with Crippen molar-refractivity contribution in [1.82, 2.24) is 14.8 Å². The van der Waals surface area contributed by atoms with Crippen LogP contribution in [0.5, 0.6) is 0 Å². The van der Waals surface area contributed by atoms with Crippen molar-refractivity contribution in [2.75, 3.05) is 0 Å². The minimum Gasteiger partial charge on any atom is -0.294 e. The fourth-order valence-electron chi connectivity index (χ4n) is 0.486. The van der Waals surface area contributed by atoms with Crippen LogP contribution in [0.4, 0.5) is 8.78 Å². The number of hydrogen-bond donors (Lipinski definition) is 0. The molecule has 10 heavy (non-hydrogen) atoms. The van der Waals surface area contributed by atoms with Crippen molar-refractivity contribution in [3.8, 4) is 0 Å². The number of rotatable bonds is 2. The van der Waals surface area contributed by atoms with Gasteiger partial charge in [0.1, 0.15) is 6.33 Å². The maximum atomic E-state index is 11.8. The molecule has 0 aliphatic carbocycles. The van der Waals surface area contributed by atoms with Crippen LogP contribution >= 0.6 is 0 Å². The van der Waals surface area contributed by atoms with Gasteiger partial charge in [0.15, 0.2) is 6.29 Å². The number of alkyl halides is 2. The summed E-state index contributed by atoms with van der Waals surface area (Å²) in [6.07, 6.45) is 1.02. The summed E-state index contributed by atoms with van der Waals surface area (Å²) in [5, 5.41) is 6.24. The molecule has 0 aliphatic rings. The second-order valence-corrected chi connectivity index (χ2v) is 1.49. The van der Waals surface area contributed by atoms with E-state index >= 15 is 0 Å². The van der Waals surface area contributed by atoms with Crippen LogP contribution in [0.3, 0.4) is 0 Å². The third-order valence-electron chi connectivity index (χ3n) is 0.916. The predicted octanol–water partition coefficient (Wildman–Crippen LogP) is 0.486. The van der Waals surface area contributed by atoms with Crippen LogP contribution in [-0.2, 0) is 0 Å². The van der Waals surface area contributed by atoms with Crippen LogP contribution in [0.15, 0.2) is 6.33 Å². The molecular formula is C4H3F2N3O. The molecule has 0 aromatic carbocycles. The molecular weight excluding hydrogens is 144 g/mol. The summed E-state index contributed by atoms with van der Waals surface area (Å²) >= 11 is 0. The van der Waals surface area contributed by atoms with Gasteiger partial charge in [0, 0.05) is 0 Å². The first-order valence-electron chi connectivity index (χ1n) is 2.38. The van der Waals surface area contributed by atoms with Gasteiger partial charge in [-0.2, -0.15) is 8.78 Å². The summed E-state index contributed by atoms with van der Waals surface area (Å²) in [7, 11) is 0. The molecule has 0 bridgehead atoms. The maximum Gasteiger partial charge on any atom is 0.321 e. The summed E-state index contributed by atoms with van der Waals surface area (Å²) in [5.74, 6) is -0.366. The molecule has 0 radical (unpaired) electrons. The van der Waals surface area contributed by atoms with Crippen LogP contribution in [0.2, 0.25) is 0 Å². The Hall–Kier alpha value is -1.33. The number of carbonyl (C=O) groups excluding carboxylic acids is 1. The van der Waals surface area contributed by atoms with Gasteiger partial charge in [-0.25, -0.2) is 0 Å². The zero-order chi connectivity index (χ0) is 7.56. The quantitative estimate of drug-likeness (QED) is 0.572. The highest BCUT2D eigenvalue weighted by Crippen LogP contribution is 2.08. The fraction of sp³-hybridized carbons (Fsp3) is 0.250. The summed E-state index contributed by atoms with van der Waals surface area (Å²) in [4.78, 5) is 9.94. The second kappa shape index (κ2) is 2.51. The van der Waals surface area contributed by atoms with E-state index in [1.165, 1.54) is 0 Å². The fourth-order valence-corrected chi connectivity index (χ4v) is 0.486. The van der Waals surface area contributed by atoms with E-state index < -0.39 is 6.55 Å². The van der Waals surface area contributed by atoms with Crippen LogP contribution in [0.1, 0.15) is 17.2 Å². The molecule has 0 saturated heterocycles. The lowest BCUT2D eigenvalue weighted by molar-refractivity contribution is 0.0657. The highest BCUT2D eigenvalue weighted by Gasteiger charge is 2.10. The molecule has 6 heteroatoms. The Morgan fingerprint density at radius 2 is 2.40 bits per heavy atom. The van der Waals surface area contributed by atoms with Gasteiger partial charge in [-0.05, 0) is 0 Å². The number of carbonyl (C=O) groups is 1. The Balaban J connectivity index is 3.01. The van der Waals surface area contributed by atoms with Gasteiger partial charge in [0.05, 0.1) is 0 Å². The van der Waals surface area contributed by atoms with E-state index in [0.29, 0.717) is 4.57 Å². The van der Waals surface area contributed by atoms with Gasteiger partial charge < -0.3 is 0 Å². The predicted molar refractivity (Wildman–Crippen MR) is 26.7 cm³/mol. The van der Waals surface area contributed by atoms with Crippen molar-refractivity contribution in [3.63, 3.8) is 0 Å². The average Bonchev–Trinajstić information content (AvgIpc) is 2.33. The molecule has 0 fully saturated rings. The van der Waals surface area contributed by atoms with Gasteiger partial charge in [-0.3, -0.25) is 9.36 Å². The molecule has 0 unspecified atom stereocenters. The minimum atomic E-state index is -2.75. The molecule has 4 nitrogen and oxygen atoms in total. The van der Waals surface area contributed by atoms with E-state index in [1.807, 2.05) is 0 Å². The lowest BCUT2D eigenvalue weighted by atomic mass is 10.7. The number of aromatic nitrogens is 3. The zero-order valence-electron chi connectivity index (χ0n) is 4.74. The third kappa shape index (κ3) is 0.996. The molecule has 0 spiro atoms. The maximum absolute atomic E-state index is 11.8. The number of halogens is 2.